The van der Waals surface area contributed by atoms with Gasteiger partial charge in [0, 0.05) is 0 Å². The third-order valence-corrected chi connectivity index (χ3v) is 10.8. The third kappa shape index (κ3) is 7.58. The summed E-state index contributed by atoms with van der Waals surface area (Å²) in [4.78, 5) is 0. The Labute approximate surface area is 246 Å². The Hall–Kier alpha value is -2.71. The van der Waals surface area contributed by atoms with Crippen molar-refractivity contribution in [2.24, 2.45) is 0 Å². The summed E-state index contributed by atoms with van der Waals surface area (Å²) in [7, 11) is -4.06. The van der Waals surface area contributed by atoms with Gasteiger partial charge in [-0.25, -0.2) is 0 Å². The van der Waals surface area contributed by atoms with Crippen LogP contribution in [0.5, 0.6) is 17.2 Å². The molecule has 0 saturated heterocycles. The second-order valence-electron chi connectivity index (χ2n) is 12.4. The van der Waals surface area contributed by atoms with Crippen molar-refractivity contribution < 1.29 is 18.1 Å². The van der Waals surface area contributed by atoms with Crippen molar-refractivity contribution >= 4 is 7.82 Å². The van der Waals surface area contributed by atoms with Gasteiger partial charge in [0.25, 0.3) is 0 Å². The Kier molecular flexibility index (Phi) is 9.36. The molecule has 0 aromatic heterocycles. The fourth-order valence-electron chi connectivity index (χ4n) is 7.23. The second-order valence-corrected chi connectivity index (χ2v) is 13.9. The molecule has 0 aliphatic heterocycles. The number of benzene rings is 3. The Balaban J connectivity index is 1.27. The first-order valence-electron chi connectivity index (χ1n) is 16.1. The van der Waals surface area contributed by atoms with E-state index in [1.54, 1.807) is 0 Å². The molecule has 3 saturated carbocycles. The number of hydrogen-bond acceptors (Lipinski definition) is 4. The van der Waals surface area contributed by atoms with E-state index in [4.69, 9.17) is 13.6 Å². The quantitative estimate of drug-likeness (QED) is 0.239. The standard InChI is InChI=1S/C36H45O4P/c37-41(38-34-22-10-19-31(25-34)28-13-4-1-5-14-28,39-35-23-11-20-32(26-35)29-15-6-2-7-16-29)40-36-24-12-21-33(27-36)30-17-8-3-9-18-30/h10-12,19-30H,1-9,13-18H2. The lowest BCUT2D eigenvalue weighted by atomic mass is 9.84. The van der Waals surface area contributed by atoms with Crippen molar-refractivity contribution in [3.8, 4) is 17.2 Å². The van der Waals surface area contributed by atoms with Crippen LogP contribution in [0.15, 0.2) is 72.8 Å². The first-order chi connectivity index (χ1) is 20.1. The molecule has 218 valence electrons. The molecule has 3 fully saturated rings. The highest BCUT2D eigenvalue weighted by Crippen LogP contribution is 2.51. The van der Waals surface area contributed by atoms with Gasteiger partial charge in [-0.2, -0.15) is 4.57 Å². The van der Waals surface area contributed by atoms with Crippen LogP contribution in [0.2, 0.25) is 0 Å². The van der Waals surface area contributed by atoms with E-state index in [0.29, 0.717) is 35.0 Å². The first-order valence-corrected chi connectivity index (χ1v) is 17.6. The van der Waals surface area contributed by atoms with Gasteiger partial charge in [-0.1, -0.05) is 94.2 Å². The first kappa shape index (κ1) is 28.4. The van der Waals surface area contributed by atoms with Crippen LogP contribution in [0.3, 0.4) is 0 Å². The molecule has 5 heteroatoms. The van der Waals surface area contributed by atoms with E-state index in [9.17, 15) is 4.57 Å². The normalized spacial score (nSPS) is 19.5. The molecule has 0 atom stereocenters. The van der Waals surface area contributed by atoms with E-state index in [0.717, 1.165) is 0 Å². The molecular formula is C36H45O4P. The predicted molar refractivity (Wildman–Crippen MR) is 166 cm³/mol. The van der Waals surface area contributed by atoms with Gasteiger partial charge in [-0.3, -0.25) is 0 Å². The zero-order valence-corrected chi connectivity index (χ0v) is 25.2. The van der Waals surface area contributed by atoms with Crippen molar-refractivity contribution in [1.82, 2.24) is 0 Å². The number of hydrogen-bond donors (Lipinski definition) is 0. The summed E-state index contributed by atoms with van der Waals surface area (Å²) in [5, 5.41) is 0. The maximum absolute atomic E-state index is 14.5. The molecule has 0 N–H and O–H groups in total. The van der Waals surface area contributed by atoms with E-state index < -0.39 is 7.82 Å². The van der Waals surface area contributed by atoms with Gasteiger partial charge < -0.3 is 13.6 Å². The van der Waals surface area contributed by atoms with Crippen LogP contribution in [-0.2, 0) is 4.57 Å². The van der Waals surface area contributed by atoms with Gasteiger partial charge in [-0.15, -0.1) is 0 Å². The summed E-state index contributed by atoms with van der Waals surface area (Å²) in [6.07, 6.45) is 18.6. The molecule has 0 heterocycles. The molecule has 6 rings (SSSR count). The Morgan fingerprint density at radius 3 is 1.02 bits per heavy atom. The predicted octanol–water partition coefficient (Wildman–Crippen LogP) is 11.5. The summed E-state index contributed by atoms with van der Waals surface area (Å²) in [6.45, 7) is 0. The molecule has 3 aromatic rings. The zero-order chi connectivity index (χ0) is 27.9. The fourth-order valence-corrected chi connectivity index (χ4v) is 8.45. The van der Waals surface area contributed by atoms with Gasteiger partial charge in [0.2, 0.25) is 0 Å². The third-order valence-electron chi connectivity index (χ3n) is 9.46. The molecule has 3 aliphatic carbocycles. The van der Waals surface area contributed by atoms with Crippen molar-refractivity contribution in [1.29, 1.82) is 0 Å². The fraction of sp³-hybridized carbons (Fsp3) is 0.500. The molecule has 3 aliphatic rings. The van der Waals surface area contributed by atoms with Crippen molar-refractivity contribution in [3.05, 3.63) is 89.5 Å². The van der Waals surface area contributed by atoms with E-state index in [2.05, 4.69) is 18.2 Å². The van der Waals surface area contributed by atoms with Crippen LogP contribution < -0.4 is 13.6 Å². The van der Waals surface area contributed by atoms with E-state index in [-0.39, 0.29) is 0 Å². The lowest BCUT2D eigenvalue weighted by molar-refractivity contribution is 0.297. The van der Waals surface area contributed by atoms with Crippen LogP contribution in [0.4, 0.5) is 0 Å². The SMILES string of the molecule is O=P(Oc1cccc(C2CCCCC2)c1)(Oc1cccc(C2CCCCC2)c1)Oc1cccc(C2CCCCC2)c1. The maximum Gasteiger partial charge on any atom is 0.647 e. The molecule has 0 unspecified atom stereocenters. The second kappa shape index (κ2) is 13.5. The lowest BCUT2D eigenvalue weighted by Gasteiger charge is -2.25. The van der Waals surface area contributed by atoms with Crippen molar-refractivity contribution in [2.75, 3.05) is 0 Å². The Morgan fingerprint density at radius 1 is 0.439 bits per heavy atom. The van der Waals surface area contributed by atoms with Crippen LogP contribution in [-0.4, -0.2) is 0 Å². The molecule has 0 radical (unpaired) electrons. The number of phosphoric acid groups is 1. The Bertz CT molecular complexity index is 1160. The van der Waals surface area contributed by atoms with Crippen LogP contribution in [0.1, 0.15) is 131 Å². The van der Waals surface area contributed by atoms with Crippen molar-refractivity contribution in [3.63, 3.8) is 0 Å². The van der Waals surface area contributed by atoms with Gasteiger partial charge >= 0.3 is 7.82 Å². The molecule has 0 bridgehead atoms. The summed E-state index contributed by atoms with van der Waals surface area (Å²) < 4.78 is 33.2. The Morgan fingerprint density at radius 2 is 0.732 bits per heavy atom. The molecular weight excluding hydrogens is 527 g/mol. The summed E-state index contributed by atoms with van der Waals surface area (Å²) >= 11 is 0. The average Bonchev–Trinajstić information content (AvgIpc) is 3.02. The summed E-state index contributed by atoms with van der Waals surface area (Å²) in [5.41, 5.74) is 3.73. The molecule has 0 spiro atoms. The molecule has 3 aromatic carbocycles. The van der Waals surface area contributed by atoms with E-state index in [1.165, 1.54) is 113 Å². The average molecular weight is 573 g/mol. The van der Waals surface area contributed by atoms with E-state index in [1.807, 2.05) is 54.6 Å². The largest absolute Gasteiger partial charge is 0.647 e. The minimum atomic E-state index is -4.06. The highest BCUT2D eigenvalue weighted by atomic mass is 31.2. The minimum Gasteiger partial charge on any atom is -0.386 e. The van der Waals surface area contributed by atoms with Crippen LogP contribution >= 0.6 is 7.82 Å². The minimum absolute atomic E-state index is 0.521. The highest BCUT2D eigenvalue weighted by molar-refractivity contribution is 7.49. The van der Waals surface area contributed by atoms with Gasteiger partial charge in [-0.05, 0) is 109 Å². The number of rotatable bonds is 9. The van der Waals surface area contributed by atoms with Crippen LogP contribution in [0, 0.1) is 0 Å². The molecule has 0 amide bonds. The maximum atomic E-state index is 14.5. The summed E-state index contributed by atoms with van der Waals surface area (Å²) in [5.74, 6) is 3.16. The monoisotopic (exact) mass is 572 g/mol. The van der Waals surface area contributed by atoms with E-state index >= 15 is 0 Å². The smallest absolute Gasteiger partial charge is 0.386 e. The number of phosphoric ester groups is 1. The summed E-state index contributed by atoms with van der Waals surface area (Å²) in [6, 6.07) is 24.2. The highest BCUT2D eigenvalue weighted by Gasteiger charge is 2.34. The zero-order valence-electron chi connectivity index (χ0n) is 24.3. The topological polar surface area (TPSA) is 44.8 Å². The van der Waals surface area contributed by atoms with Gasteiger partial charge in [0.05, 0.1) is 0 Å². The van der Waals surface area contributed by atoms with Gasteiger partial charge in [0.15, 0.2) is 0 Å². The lowest BCUT2D eigenvalue weighted by Crippen LogP contribution is -2.10. The van der Waals surface area contributed by atoms with Gasteiger partial charge in [0.1, 0.15) is 17.2 Å². The van der Waals surface area contributed by atoms with Crippen LogP contribution in [0.25, 0.3) is 0 Å². The molecule has 4 nitrogen and oxygen atoms in total. The van der Waals surface area contributed by atoms with Crippen molar-refractivity contribution in [2.45, 2.75) is 114 Å². The molecule has 41 heavy (non-hydrogen) atoms.